The largest absolute Gasteiger partial charge is 0.444 e. The van der Waals surface area contributed by atoms with E-state index in [2.05, 4.69) is 6.92 Å². The van der Waals surface area contributed by atoms with E-state index in [-0.39, 0.29) is 18.2 Å². The first kappa shape index (κ1) is 15.3. The highest BCUT2D eigenvalue weighted by Crippen LogP contribution is 2.39. The van der Waals surface area contributed by atoms with Crippen LogP contribution in [-0.4, -0.2) is 34.5 Å². The van der Waals surface area contributed by atoms with Crippen molar-refractivity contribution in [2.24, 2.45) is 5.92 Å². The molecule has 0 bridgehead atoms. The lowest BCUT2D eigenvalue weighted by atomic mass is 9.94. The molecule has 1 aliphatic carbocycles. The Balaban J connectivity index is 2.15. The molecule has 20 heavy (non-hydrogen) atoms. The molecule has 2 fully saturated rings. The van der Waals surface area contributed by atoms with Gasteiger partial charge in [0.15, 0.2) is 0 Å². The number of carbonyl (C=O) groups is 2. The second-order valence-electron chi connectivity index (χ2n) is 7.13. The molecule has 4 nitrogen and oxygen atoms in total. The number of hydrogen-bond donors (Lipinski definition) is 0. The summed E-state index contributed by atoms with van der Waals surface area (Å²) in [7, 11) is 0. The van der Waals surface area contributed by atoms with Crippen LogP contribution in [0.3, 0.4) is 0 Å². The molecule has 1 amide bonds. The number of ketones is 1. The first-order chi connectivity index (χ1) is 9.31. The number of rotatable bonds is 1. The van der Waals surface area contributed by atoms with Crippen LogP contribution < -0.4 is 0 Å². The monoisotopic (exact) mass is 281 g/mol. The van der Waals surface area contributed by atoms with E-state index in [0.717, 1.165) is 25.7 Å². The second-order valence-corrected chi connectivity index (χ2v) is 7.13. The van der Waals surface area contributed by atoms with Crippen LogP contribution >= 0.6 is 0 Å². The van der Waals surface area contributed by atoms with Crippen LogP contribution in [0, 0.1) is 5.92 Å². The Morgan fingerprint density at radius 3 is 2.55 bits per heavy atom. The van der Waals surface area contributed by atoms with Gasteiger partial charge < -0.3 is 9.64 Å². The molecule has 2 aliphatic rings. The molecule has 0 N–H and O–H groups in total. The van der Waals surface area contributed by atoms with Crippen LogP contribution in [0.2, 0.25) is 0 Å². The molecule has 0 spiro atoms. The van der Waals surface area contributed by atoms with E-state index >= 15 is 0 Å². The Hall–Kier alpha value is -1.06. The Kier molecular flexibility index (Phi) is 4.40. The predicted octanol–water partition coefficient (Wildman–Crippen LogP) is 3.53. The van der Waals surface area contributed by atoms with Crippen LogP contribution in [0.25, 0.3) is 0 Å². The van der Waals surface area contributed by atoms with Crippen molar-refractivity contribution >= 4 is 11.9 Å². The summed E-state index contributed by atoms with van der Waals surface area (Å²) in [5, 5.41) is 0. The molecule has 0 aromatic rings. The van der Waals surface area contributed by atoms with Crippen LogP contribution in [0.5, 0.6) is 0 Å². The average molecular weight is 281 g/mol. The van der Waals surface area contributed by atoms with Gasteiger partial charge in [-0.15, -0.1) is 0 Å². The van der Waals surface area contributed by atoms with Gasteiger partial charge in [-0.2, -0.15) is 0 Å². The van der Waals surface area contributed by atoms with Gasteiger partial charge in [0.25, 0.3) is 0 Å². The van der Waals surface area contributed by atoms with E-state index in [1.165, 1.54) is 0 Å². The quantitative estimate of drug-likeness (QED) is 0.738. The number of hydrogen-bond acceptors (Lipinski definition) is 3. The molecule has 114 valence electrons. The SMILES string of the molecule is CCC1C[C@@H]2CCC(=O)CC[C@H]2N1C(=O)OC(C)(C)C. The van der Waals surface area contributed by atoms with Crippen molar-refractivity contribution in [3.63, 3.8) is 0 Å². The lowest BCUT2D eigenvalue weighted by Gasteiger charge is -2.33. The molecule has 1 saturated carbocycles. The van der Waals surface area contributed by atoms with Crippen molar-refractivity contribution < 1.29 is 14.3 Å². The molecule has 2 rings (SSSR count). The van der Waals surface area contributed by atoms with E-state index in [0.29, 0.717) is 24.5 Å². The number of carbonyl (C=O) groups excluding carboxylic acids is 2. The van der Waals surface area contributed by atoms with E-state index < -0.39 is 5.60 Å². The number of likely N-dealkylation sites (tertiary alicyclic amines) is 1. The van der Waals surface area contributed by atoms with Gasteiger partial charge in [0.2, 0.25) is 0 Å². The molecule has 1 saturated heterocycles. The average Bonchev–Trinajstić information content (AvgIpc) is 2.60. The highest BCUT2D eigenvalue weighted by atomic mass is 16.6. The first-order valence-electron chi connectivity index (χ1n) is 7.85. The van der Waals surface area contributed by atoms with Crippen molar-refractivity contribution in [2.45, 2.75) is 83.9 Å². The summed E-state index contributed by atoms with van der Waals surface area (Å²) in [5.41, 5.74) is -0.464. The van der Waals surface area contributed by atoms with Crippen molar-refractivity contribution in [2.75, 3.05) is 0 Å². The fourth-order valence-corrected chi connectivity index (χ4v) is 3.55. The zero-order valence-corrected chi connectivity index (χ0v) is 13.1. The van der Waals surface area contributed by atoms with Crippen molar-refractivity contribution in [1.29, 1.82) is 0 Å². The van der Waals surface area contributed by atoms with Gasteiger partial charge >= 0.3 is 6.09 Å². The standard InChI is InChI=1S/C16H27NO3/c1-5-12-10-11-6-7-13(18)8-9-14(11)17(12)15(19)20-16(2,3)4/h11-12,14H,5-10H2,1-4H3/t11-,12?,14+/m0/s1. The molecule has 1 heterocycles. The molecule has 0 aromatic carbocycles. The van der Waals surface area contributed by atoms with E-state index in [1.54, 1.807) is 0 Å². The Morgan fingerprint density at radius 2 is 1.95 bits per heavy atom. The minimum absolute atomic E-state index is 0.196. The van der Waals surface area contributed by atoms with Crippen molar-refractivity contribution in [3.05, 3.63) is 0 Å². The molecular formula is C16H27NO3. The third-order valence-corrected chi connectivity index (χ3v) is 4.46. The maximum atomic E-state index is 12.5. The van der Waals surface area contributed by atoms with Crippen LogP contribution in [0.15, 0.2) is 0 Å². The fraction of sp³-hybridized carbons (Fsp3) is 0.875. The minimum atomic E-state index is -0.464. The van der Waals surface area contributed by atoms with Gasteiger partial charge in [-0.3, -0.25) is 4.79 Å². The van der Waals surface area contributed by atoms with Crippen LogP contribution in [0.4, 0.5) is 4.79 Å². The summed E-state index contributed by atoms with van der Waals surface area (Å²) in [5.74, 6) is 0.815. The first-order valence-corrected chi connectivity index (χ1v) is 7.85. The number of ether oxygens (including phenoxy) is 1. The lowest BCUT2D eigenvalue weighted by molar-refractivity contribution is -0.119. The lowest BCUT2D eigenvalue weighted by Crippen LogP contribution is -2.44. The Labute approximate surface area is 121 Å². The van der Waals surface area contributed by atoms with Crippen LogP contribution in [0.1, 0.15) is 66.2 Å². The molecular weight excluding hydrogens is 254 g/mol. The maximum absolute atomic E-state index is 12.5. The van der Waals surface area contributed by atoms with Gasteiger partial charge in [-0.25, -0.2) is 4.79 Å². The Bertz CT molecular complexity index is 386. The van der Waals surface area contributed by atoms with E-state index in [9.17, 15) is 9.59 Å². The van der Waals surface area contributed by atoms with Crippen molar-refractivity contribution in [1.82, 2.24) is 4.90 Å². The molecule has 0 radical (unpaired) electrons. The predicted molar refractivity (Wildman–Crippen MR) is 77.5 cm³/mol. The van der Waals surface area contributed by atoms with Gasteiger partial charge in [0, 0.05) is 24.9 Å². The minimum Gasteiger partial charge on any atom is -0.444 e. The Morgan fingerprint density at radius 1 is 1.30 bits per heavy atom. The third kappa shape index (κ3) is 3.33. The number of fused-ring (bicyclic) bond motifs is 1. The normalized spacial score (nSPS) is 30.9. The van der Waals surface area contributed by atoms with Gasteiger partial charge in [0.05, 0.1) is 0 Å². The molecule has 3 atom stereocenters. The third-order valence-electron chi connectivity index (χ3n) is 4.46. The van der Waals surface area contributed by atoms with E-state index in [4.69, 9.17) is 4.74 Å². The molecule has 0 aromatic heterocycles. The van der Waals surface area contributed by atoms with E-state index in [1.807, 2.05) is 25.7 Å². The topological polar surface area (TPSA) is 46.6 Å². The summed E-state index contributed by atoms with van der Waals surface area (Å²) >= 11 is 0. The number of Topliss-reactive ketones (excluding diaryl/α,β-unsaturated/α-hetero) is 1. The molecule has 4 heteroatoms. The molecule has 1 aliphatic heterocycles. The summed E-state index contributed by atoms with van der Waals surface area (Å²) in [6.07, 6.45) is 4.80. The van der Waals surface area contributed by atoms with Crippen LogP contribution in [-0.2, 0) is 9.53 Å². The fourth-order valence-electron chi connectivity index (χ4n) is 3.55. The maximum Gasteiger partial charge on any atom is 0.410 e. The smallest absolute Gasteiger partial charge is 0.410 e. The number of nitrogens with zero attached hydrogens (tertiary/aromatic N) is 1. The highest BCUT2D eigenvalue weighted by Gasteiger charge is 2.45. The zero-order valence-electron chi connectivity index (χ0n) is 13.1. The van der Waals surface area contributed by atoms with Crippen molar-refractivity contribution in [3.8, 4) is 0 Å². The second kappa shape index (κ2) is 5.74. The van der Waals surface area contributed by atoms with Gasteiger partial charge in [0.1, 0.15) is 11.4 Å². The highest BCUT2D eigenvalue weighted by molar-refractivity contribution is 5.79. The summed E-state index contributed by atoms with van der Waals surface area (Å²) in [4.78, 5) is 26.1. The number of amides is 1. The summed E-state index contributed by atoms with van der Waals surface area (Å²) in [6, 6.07) is 0.467. The molecule has 1 unspecified atom stereocenters. The zero-order chi connectivity index (χ0) is 14.9. The summed E-state index contributed by atoms with van der Waals surface area (Å²) in [6.45, 7) is 7.82. The van der Waals surface area contributed by atoms with Gasteiger partial charge in [-0.1, -0.05) is 6.92 Å². The van der Waals surface area contributed by atoms with Gasteiger partial charge in [-0.05, 0) is 52.4 Å². The summed E-state index contributed by atoms with van der Waals surface area (Å²) < 4.78 is 5.57.